The second-order valence-electron chi connectivity index (χ2n) is 4.04. The summed E-state index contributed by atoms with van der Waals surface area (Å²) in [6.45, 7) is 1.19. The van der Waals surface area contributed by atoms with Gasteiger partial charge in [-0.3, -0.25) is 4.98 Å². The molecule has 102 valence electrons. The van der Waals surface area contributed by atoms with E-state index < -0.39 is 12.8 Å². The summed E-state index contributed by atoms with van der Waals surface area (Å²) in [5.41, 5.74) is 1.52. The number of benzene rings is 1. The molecule has 1 aromatic carbocycles. The van der Waals surface area contributed by atoms with Crippen molar-refractivity contribution in [2.24, 2.45) is 0 Å². The van der Waals surface area contributed by atoms with E-state index in [-0.39, 0.29) is 52.1 Å². The number of hydrogen-bond acceptors (Lipinski definition) is 3. The predicted molar refractivity (Wildman–Crippen MR) is 64.1 cm³/mol. The van der Waals surface area contributed by atoms with E-state index in [1.807, 2.05) is 6.07 Å². The number of para-hydroxylation sites is 1. The number of hydrogen-bond donors (Lipinski definition) is 1. The van der Waals surface area contributed by atoms with Gasteiger partial charge in [0.1, 0.15) is 6.07 Å². The zero-order valence-corrected chi connectivity index (χ0v) is 13.8. The fourth-order valence-electron chi connectivity index (χ4n) is 1.90. The summed E-state index contributed by atoms with van der Waals surface area (Å²) < 4.78 is 36.5. The molecule has 0 saturated heterocycles. The summed E-state index contributed by atoms with van der Waals surface area (Å²) in [6.07, 6.45) is -4.49. The Morgan fingerprint density at radius 3 is 2.55 bits per heavy atom. The minimum absolute atomic E-state index is 0. The molecule has 2 aromatic rings. The molecular weight excluding hydrogens is 399 g/mol. The third-order valence-electron chi connectivity index (χ3n) is 2.80. The number of alkyl halides is 3. The average molecular weight is 409 g/mol. The van der Waals surface area contributed by atoms with Crippen molar-refractivity contribution in [2.75, 3.05) is 0 Å². The fourth-order valence-corrected chi connectivity index (χ4v) is 1.90. The molecule has 0 saturated carbocycles. The van der Waals surface area contributed by atoms with Gasteiger partial charge in [-0.05, 0) is 18.6 Å². The van der Waals surface area contributed by atoms with Gasteiger partial charge in [0.2, 0.25) is 0 Å². The molecule has 0 aliphatic carbocycles. The zero-order chi connectivity index (χ0) is 14.0. The molecule has 0 amide bonds. The van der Waals surface area contributed by atoms with E-state index in [1.165, 1.54) is 5.32 Å². The second kappa shape index (κ2) is 6.78. The SMILES string of the molecule is Cc1c(C#N)c(CNC(F)(F)F)nc2ccccc12.[Nd]. The van der Waals surface area contributed by atoms with Crippen LogP contribution in [0.15, 0.2) is 24.3 Å². The average Bonchev–Trinajstić information content (AvgIpc) is 2.36. The van der Waals surface area contributed by atoms with Crippen LogP contribution in [0.2, 0.25) is 0 Å². The van der Waals surface area contributed by atoms with Gasteiger partial charge in [-0.15, -0.1) is 0 Å². The van der Waals surface area contributed by atoms with Gasteiger partial charge < -0.3 is 0 Å². The van der Waals surface area contributed by atoms with Crippen LogP contribution >= 0.6 is 0 Å². The summed E-state index contributed by atoms with van der Waals surface area (Å²) in [6, 6.07) is 8.97. The first-order valence-corrected chi connectivity index (χ1v) is 5.52. The third-order valence-corrected chi connectivity index (χ3v) is 2.80. The molecule has 3 nitrogen and oxygen atoms in total. The number of aromatic nitrogens is 1. The first-order chi connectivity index (χ1) is 8.92. The largest absolute Gasteiger partial charge is 0.457 e. The minimum Gasteiger partial charge on any atom is -0.250 e. The van der Waals surface area contributed by atoms with Crippen LogP contribution in [0.3, 0.4) is 0 Å². The van der Waals surface area contributed by atoms with Crippen molar-refractivity contribution >= 4 is 10.9 Å². The van der Waals surface area contributed by atoms with E-state index in [0.717, 1.165) is 5.39 Å². The van der Waals surface area contributed by atoms with E-state index in [0.29, 0.717) is 11.1 Å². The van der Waals surface area contributed by atoms with E-state index in [2.05, 4.69) is 4.98 Å². The number of nitriles is 1. The van der Waals surface area contributed by atoms with Gasteiger partial charge in [0, 0.05) is 52.8 Å². The monoisotopic (exact) mass is 407 g/mol. The Labute approximate surface area is 146 Å². The van der Waals surface area contributed by atoms with Crippen LogP contribution in [0.4, 0.5) is 13.2 Å². The van der Waals surface area contributed by atoms with Crippen molar-refractivity contribution in [1.82, 2.24) is 10.3 Å². The Hall–Kier alpha value is -0.779. The number of aryl methyl sites for hydroxylation is 1. The molecule has 0 unspecified atom stereocenters. The summed E-state index contributed by atoms with van der Waals surface area (Å²) in [4.78, 5) is 4.12. The van der Waals surface area contributed by atoms with E-state index in [4.69, 9.17) is 5.26 Å². The molecule has 0 radical (unpaired) electrons. The summed E-state index contributed by atoms with van der Waals surface area (Å²) >= 11 is 0. The summed E-state index contributed by atoms with van der Waals surface area (Å²) in [5.74, 6) is 0. The first-order valence-electron chi connectivity index (χ1n) is 5.52. The predicted octanol–water partition coefficient (Wildman–Crippen LogP) is 3.02. The number of nitrogens with zero attached hydrogens (tertiary/aromatic N) is 2. The maximum atomic E-state index is 12.2. The zero-order valence-electron chi connectivity index (χ0n) is 10.5. The van der Waals surface area contributed by atoms with Crippen LogP contribution in [0, 0.1) is 59.1 Å². The molecule has 0 aliphatic heterocycles. The first kappa shape index (κ1) is 17.3. The van der Waals surface area contributed by atoms with E-state index in [1.54, 1.807) is 31.2 Å². The molecule has 2 rings (SSSR count). The van der Waals surface area contributed by atoms with Crippen molar-refractivity contribution < 1.29 is 54.0 Å². The number of fused-ring (bicyclic) bond motifs is 1. The van der Waals surface area contributed by atoms with Crippen molar-refractivity contribution in [3.63, 3.8) is 0 Å². The standard InChI is InChI=1S/C13H10F3N3.Nd/c1-8-9-4-2-3-5-11(9)19-12(10(8)6-17)7-18-13(14,15)16;/h2-5,18H,7H2,1H3;. The number of rotatable bonds is 2. The van der Waals surface area contributed by atoms with Crippen molar-refractivity contribution in [3.8, 4) is 6.07 Å². The van der Waals surface area contributed by atoms with Gasteiger partial charge in [0.25, 0.3) is 0 Å². The van der Waals surface area contributed by atoms with Crippen LogP contribution in [-0.2, 0) is 6.54 Å². The van der Waals surface area contributed by atoms with Gasteiger partial charge in [0.15, 0.2) is 0 Å². The number of nitrogens with one attached hydrogen (secondary N) is 1. The van der Waals surface area contributed by atoms with Gasteiger partial charge in [-0.2, -0.15) is 18.4 Å². The quantitative estimate of drug-likeness (QED) is 0.776. The van der Waals surface area contributed by atoms with Crippen molar-refractivity contribution in [2.45, 2.75) is 19.8 Å². The van der Waals surface area contributed by atoms with Crippen LogP contribution in [0.25, 0.3) is 10.9 Å². The maximum Gasteiger partial charge on any atom is 0.457 e. The van der Waals surface area contributed by atoms with Crippen molar-refractivity contribution in [3.05, 3.63) is 41.1 Å². The number of pyridine rings is 1. The van der Waals surface area contributed by atoms with Crippen LogP contribution in [-0.4, -0.2) is 11.3 Å². The molecule has 1 N–H and O–H groups in total. The second-order valence-corrected chi connectivity index (χ2v) is 4.04. The molecular formula is C13H10F3N3Nd. The van der Waals surface area contributed by atoms with E-state index in [9.17, 15) is 13.2 Å². The normalized spacial score (nSPS) is 10.9. The van der Waals surface area contributed by atoms with Crippen molar-refractivity contribution in [1.29, 1.82) is 5.26 Å². The summed E-state index contributed by atoms with van der Waals surface area (Å²) in [5, 5.41) is 11.3. The van der Waals surface area contributed by atoms with Gasteiger partial charge in [-0.1, -0.05) is 18.2 Å². The topological polar surface area (TPSA) is 48.7 Å². The Kier molecular flexibility index (Phi) is 5.86. The molecule has 0 atom stereocenters. The molecule has 1 aromatic heterocycles. The fraction of sp³-hybridized carbons (Fsp3) is 0.231. The van der Waals surface area contributed by atoms with Crippen LogP contribution in [0.1, 0.15) is 16.8 Å². The molecule has 0 bridgehead atoms. The molecule has 1 heterocycles. The van der Waals surface area contributed by atoms with E-state index >= 15 is 0 Å². The van der Waals surface area contributed by atoms with Gasteiger partial charge in [-0.25, -0.2) is 5.32 Å². The molecule has 0 fully saturated rings. The Bertz CT molecular complexity index is 662. The van der Waals surface area contributed by atoms with Gasteiger partial charge >= 0.3 is 6.30 Å². The minimum atomic E-state index is -4.49. The Morgan fingerprint density at radius 1 is 1.30 bits per heavy atom. The molecule has 7 heteroatoms. The number of halogens is 3. The smallest absolute Gasteiger partial charge is 0.250 e. The van der Waals surface area contributed by atoms with Gasteiger partial charge in [0.05, 0.1) is 16.8 Å². The van der Waals surface area contributed by atoms with Crippen LogP contribution in [0.5, 0.6) is 0 Å². The molecule has 0 aliphatic rings. The Balaban J connectivity index is 0.00000200. The third kappa shape index (κ3) is 3.87. The maximum absolute atomic E-state index is 12.2. The molecule has 0 spiro atoms. The van der Waals surface area contributed by atoms with Crippen LogP contribution < -0.4 is 5.32 Å². The summed E-state index contributed by atoms with van der Waals surface area (Å²) in [7, 11) is 0. The Morgan fingerprint density at radius 2 is 1.95 bits per heavy atom. The molecule has 20 heavy (non-hydrogen) atoms.